The van der Waals surface area contributed by atoms with Crippen molar-refractivity contribution in [2.24, 2.45) is 5.92 Å². The molecule has 186 valence electrons. The van der Waals surface area contributed by atoms with Gasteiger partial charge in [-0.05, 0) is 80.4 Å². The molecule has 2 rings (SSSR count). The summed E-state index contributed by atoms with van der Waals surface area (Å²) in [6.07, 6.45) is 3.77. The highest BCUT2D eigenvalue weighted by atomic mass is 79.9. The fourth-order valence-corrected chi connectivity index (χ4v) is 4.23. The van der Waals surface area contributed by atoms with E-state index in [-0.39, 0.29) is 24.6 Å². The molecule has 1 saturated carbocycles. The summed E-state index contributed by atoms with van der Waals surface area (Å²) < 4.78 is 11.1. The van der Waals surface area contributed by atoms with Gasteiger partial charge in [-0.1, -0.05) is 0 Å². The molecule has 0 spiro atoms. The molecule has 1 aliphatic carbocycles. The fraction of sp³-hybridized carbons (Fsp3) is 0.739. The third-order valence-corrected chi connectivity index (χ3v) is 6.28. The van der Waals surface area contributed by atoms with E-state index in [2.05, 4.69) is 35.9 Å². The molecule has 1 heterocycles. The number of hydrogen-bond donors (Lipinski definition) is 0. The number of esters is 1. The van der Waals surface area contributed by atoms with Crippen LogP contribution in [0.2, 0.25) is 0 Å². The van der Waals surface area contributed by atoms with Crippen molar-refractivity contribution < 1.29 is 19.1 Å². The van der Waals surface area contributed by atoms with Crippen molar-refractivity contribution in [2.75, 3.05) is 52.3 Å². The second-order valence-electron chi connectivity index (χ2n) is 9.72. The molecule has 1 amide bonds. The second-order valence-corrected chi connectivity index (χ2v) is 10.5. The molecule has 0 aromatic carbocycles. The van der Waals surface area contributed by atoms with E-state index in [9.17, 15) is 9.59 Å². The van der Waals surface area contributed by atoms with Gasteiger partial charge in [-0.3, -0.25) is 9.69 Å². The number of amides is 1. The van der Waals surface area contributed by atoms with Crippen molar-refractivity contribution in [3.05, 3.63) is 16.7 Å². The minimum atomic E-state index is -0.537. The number of ether oxygens (including phenoxy) is 2. The Morgan fingerprint density at radius 2 is 1.76 bits per heavy atom. The lowest BCUT2D eigenvalue weighted by atomic mass is 9.85. The Balaban J connectivity index is 1.89. The Labute approximate surface area is 205 Å². The summed E-state index contributed by atoms with van der Waals surface area (Å²) in [5, 5.41) is 8.30. The van der Waals surface area contributed by atoms with Crippen LogP contribution in [0.3, 0.4) is 0 Å². The summed E-state index contributed by atoms with van der Waals surface area (Å²) in [4.78, 5) is 30.2. The molecular weight excluding hydrogens is 490 g/mol. The predicted octanol–water partition coefficient (Wildman–Crippen LogP) is 3.58. The van der Waals surface area contributed by atoms with Gasteiger partial charge in [0.2, 0.25) is 0 Å². The maximum absolute atomic E-state index is 12.3. The van der Waals surface area contributed by atoms with Crippen molar-refractivity contribution in [1.82, 2.24) is 20.0 Å². The number of anilines is 1. The van der Waals surface area contributed by atoms with E-state index >= 15 is 0 Å². The second kappa shape index (κ2) is 12.5. The van der Waals surface area contributed by atoms with Crippen LogP contribution in [0.4, 0.5) is 10.6 Å². The average Bonchev–Trinajstić information content (AvgIpc) is 2.76. The van der Waals surface area contributed by atoms with Crippen LogP contribution in [0.5, 0.6) is 0 Å². The first kappa shape index (κ1) is 27.3. The number of nitrogens with zero attached hydrogens (tertiary/aromatic N) is 5. The van der Waals surface area contributed by atoms with Crippen LogP contribution < -0.4 is 4.90 Å². The van der Waals surface area contributed by atoms with E-state index in [0.717, 1.165) is 42.6 Å². The van der Waals surface area contributed by atoms with Crippen LogP contribution in [-0.4, -0.2) is 91.1 Å². The maximum atomic E-state index is 12.3. The summed E-state index contributed by atoms with van der Waals surface area (Å²) in [7, 11) is 5.17. The van der Waals surface area contributed by atoms with Crippen LogP contribution in [-0.2, 0) is 14.3 Å². The van der Waals surface area contributed by atoms with E-state index < -0.39 is 5.60 Å². The highest BCUT2D eigenvalue weighted by Crippen LogP contribution is 2.29. The average molecular weight is 528 g/mol. The SMILES string of the molecule is COC(=O)CN(CCN(C)C(=O)OC(C)(C)C)C1CCC(CN(C)c2ccc(Br)nn2)CC1. The summed E-state index contributed by atoms with van der Waals surface area (Å²) in [6, 6.07) is 4.14. The highest BCUT2D eigenvalue weighted by Gasteiger charge is 2.29. The van der Waals surface area contributed by atoms with Crippen LogP contribution in [0.25, 0.3) is 0 Å². The lowest BCUT2D eigenvalue weighted by Gasteiger charge is -2.38. The minimum Gasteiger partial charge on any atom is -0.468 e. The molecule has 1 aromatic heterocycles. The molecule has 1 aliphatic rings. The van der Waals surface area contributed by atoms with E-state index in [1.165, 1.54) is 7.11 Å². The Hall–Kier alpha value is -1.94. The zero-order valence-electron chi connectivity index (χ0n) is 20.7. The van der Waals surface area contributed by atoms with Gasteiger partial charge in [0.15, 0.2) is 5.82 Å². The lowest BCUT2D eigenvalue weighted by Crippen LogP contribution is -2.46. The standard InChI is InChI=1S/C23H38BrN5O4/c1-23(2,3)33-22(31)27(4)13-14-29(16-21(30)32-6)18-9-7-17(8-10-18)15-28(5)20-12-11-19(24)25-26-20/h11-12,17-18H,7-10,13-16H2,1-6H3. The van der Waals surface area contributed by atoms with E-state index in [4.69, 9.17) is 9.47 Å². The molecule has 0 saturated heterocycles. The van der Waals surface area contributed by atoms with Crippen molar-refractivity contribution in [3.8, 4) is 0 Å². The number of aromatic nitrogens is 2. The van der Waals surface area contributed by atoms with Gasteiger partial charge in [0, 0.05) is 39.8 Å². The first-order valence-corrected chi connectivity index (χ1v) is 12.2. The van der Waals surface area contributed by atoms with E-state index in [1.54, 1.807) is 11.9 Å². The molecule has 9 nitrogen and oxygen atoms in total. The van der Waals surface area contributed by atoms with Crippen LogP contribution >= 0.6 is 15.9 Å². The van der Waals surface area contributed by atoms with Crippen LogP contribution in [0, 0.1) is 5.92 Å². The molecule has 1 fully saturated rings. The van der Waals surface area contributed by atoms with Gasteiger partial charge in [-0.25, -0.2) is 4.79 Å². The zero-order valence-corrected chi connectivity index (χ0v) is 22.3. The largest absolute Gasteiger partial charge is 0.468 e. The molecule has 0 N–H and O–H groups in total. The first-order chi connectivity index (χ1) is 15.5. The smallest absolute Gasteiger partial charge is 0.410 e. The quantitative estimate of drug-likeness (QED) is 0.450. The van der Waals surface area contributed by atoms with Gasteiger partial charge >= 0.3 is 12.1 Å². The number of carbonyl (C=O) groups is 2. The third-order valence-electron chi connectivity index (χ3n) is 5.86. The molecule has 0 radical (unpaired) electrons. The Bertz CT molecular complexity index is 763. The molecular formula is C23H38BrN5O4. The molecule has 1 aromatic rings. The Morgan fingerprint density at radius 1 is 1.09 bits per heavy atom. The topological polar surface area (TPSA) is 88.1 Å². The Morgan fingerprint density at radius 3 is 2.30 bits per heavy atom. The van der Waals surface area contributed by atoms with Gasteiger partial charge < -0.3 is 19.3 Å². The van der Waals surface area contributed by atoms with Crippen molar-refractivity contribution in [1.29, 1.82) is 0 Å². The van der Waals surface area contributed by atoms with Crippen LogP contribution in [0.15, 0.2) is 16.7 Å². The summed E-state index contributed by atoms with van der Waals surface area (Å²) in [5.74, 6) is 1.16. The van der Waals surface area contributed by atoms with Crippen molar-refractivity contribution in [2.45, 2.75) is 58.1 Å². The van der Waals surface area contributed by atoms with Crippen LogP contribution in [0.1, 0.15) is 46.5 Å². The predicted molar refractivity (Wildman–Crippen MR) is 131 cm³/mol. The maximum Gasteiger partial charge on any atom is 0.410 e. The summed E-state index contributed by atoms with van der Waals surface area (Å²) in [6.45, 7) is 7.76. The third kappa shape index (κ3) is 9.44. The van der Waals surface area contributed by atoms with Gasteiger partial charge in [0.1, 0.15) is 10.2 Å². The zero-order chi connectivity index (χ0) is 24.6. The Kier molecular flexibility index (Phi) is 10.3. The summed E-state index contributed by atoms with van der Waals surface area (Å²) in [5.41, 5.74) is -0.537. The molecule has 0 unspecified atom stereocenters. The summed E-state index contributed by atoms with van der Waals surface area (Å²) >= 11 is 3.32. The normalized spacial score (nSPS) is 18.7. The van der Waals surface area contributed by atoms with Gasteiger partial charge in [0.05, 0.1) is 13.7 Å². The number of halogens is 1. The molecule has 0 bridgehead atoms. The van der Waals surface area contributed by atoms with E-state index in [0.29, 0.717) is 19.0 Å². The number of carbonyl (C=O) groups excluding carboxylic acids is 2. The first-order valence-electron chi connectivity index (χ1n) is 11.4. The fourth-order valence-electron chi connectivity index (χ4n) is 4.02. The van der Waals surface area contributed by atoms with Gasteiger partial charge in [-0.15, -0.1) is 10.2 Å². The molecule has 33 heavy (non-hydrogen) atoms. The number of rotatable bonds is 9. The van der Waals surface area contributed by atoms with Gasteiger partial charge in [-0.2, -0.15) is 0 Å². The minimum absolute atomic E-state index is 0.225. The van der Waals surface area contributed by atoms with Gasteiger partial charge in [0.25, 0.3) is 0 Å². The van der Waals surface area contributed by atoms with E-state index in [1.807, 2.05) is 40.0 Å². The lowest BCUT2D eigenvalue weighted by molar-refractivity contribution is -0.142. The highest BCUT2D eigenvalue weighted by molar-refractivity contribution is 9.10. The molecule has 10 heteroatoms. The van der Waals surface area contributed by atoms with Crippen molar-refractivity contribution >= 4 is 33.8 Å². The number of hydrogen-bond acceptors (Lipinski definition) is 8. The monoisotopic (exact) mass is 527 g/mol. The molecule has 0 atom stereocenters. The number of likely N-dealkylation sites (N-methyl/N-ethyl adjacent to an activating group) is 1. The van der Waals surface area contributed by atoms with Crippen molar-refractivity contribution in [3.63, 3.8) is 0 Å². The molecule has 0 aliphatic heterocycles. The number of methoxy groups -OCH3 is 1.